The molecule has 1 amide bonds. The lowest BCUT2D eigenvalue weighted by atomic mass is 10.2. The van der Waals surface area contributed by atoms with Crippen molar-refractivity contribution in [3.05, 3.63) is 119 Å². The Labute approximate surface area is 249 Å². The first-order valence-electron chi connectivity index (χ1n) is 13.0. The molecule has 11 heteroatoms. The molecule has 0 fully saturated rings. The van der Waals surface area contributed by atoms with Gasteiger partial charge in [-0.15, -0.1) is 0 Å². The van der Waals surface area contributed by atoms with Crippen LogP contribution in [0.1, 0.15) is 23.6 Å². The number of halogens is 2. The molecule has 0 aromatic heterocycles. The summed E-state index contributed by atoms with van der Waals surface area (Å²) in [4.78, 5) is 12.7. The van der Waals surface area contributed by atoms with Crippen molar-refractivity contribution >= 4 is 39.4 Å². The van der Waals surface area contributed by atoms with Crippen LogP contribution < -0.4 is 19.2 Å². The topological polar surface area (TPSA) is 97.3 Å². The molecule has 4 aromatic rings. The van der Waals surface area contributed by atoms with Gasteiger partial charge in [-0.05, 0) is 79.6 Å². The summed E-state index contributed by atoms with van der Waals surface area (Å²) >= 11 is 5.94. The number of anilines is 1. The van der Waals surface area contributed by atoms with Gasteiger partial charge in [0.2, 0.25) is 0 Å². The summed E-state index contributed by atoms with van der Waals surface area (Å²) in [5.41, 5.74) is 4.44. The van der Waals surface area contributed by atoms with Gasteiger partial charge in [0, 0.05) is 5.02 Å². The Kier molecular flexibility index (Phi) is 10.2. The molecule has 42 heavy (non-hydrogen) atoms. The summed E-state index contributed by atoms with van der Waals surface area (Å²) in [7, 11) is -4.27. The van der Waals surface area contributed by atoms with E-state index >= 15 is 0 Å². The zero-order chi connectivity index (χ0) is 30.1. The number of sulfonamides is 1. The third kappa shape index (κ3) is 7.86. The molecule has 0 saturated heterocycles. The van der Waals surface area contributed by atoms with Gasteiger partial charge in [-0.2, -0.15) is 5.10 Å². The van der Waals surface area contributed by atoms with Gasteiger partial charge in [-0.1, -0.05) is 53.6 Å². The van der Waals surface area contributed by atoms with E-state index in [4.69, 9.17) is 21.1 Å². The maximum Gasteiger partial charge on any atom is 0.264 e. The van der Waals surface area contributed by atoms with Gasteiger partial charge < -0.3 is 9.47 Å². The minimum Gasteiger partial charge on any atom is -0.490 e. The molecule has 0 saturated carbocycles. The van der Waals surface area contributed by atoms with Crippen LogP contribution in [0.3, 0.4) is 0 Å². The van der Waals surface area contributed by atoms with Gasteiger partial charge in [0.15, 0.2) is 11.5 Å². The quantitative estimate of drug-likeness (QED) is 0.154. The highest BCUT2D eigenvalue weighted by molar-refractivity contribution is 7.92. The number of nitrogens with zero attached hydrogens (tertiary/aromatic N) is 2. The smallest absolute Gasteiger partial charge is 0.264 e. The van der Waals surface area contributed by atoms with Crippen LogP contribution in [0.4, 0.5) is 10.1 Å². The van der Waals surface area contributed by atoms with Gasteiger partial charge >= 0.3 is 0 Å². The lowest BCUT2D eigenvalue weighted by molar-refractivity contribution is -0.119. The minimum atomic E-state index is -4.27. The van der Waals surface area contributed by atoms with Gasteiger partial charge in [-0.3, -0.25) is 9.10 Å². The number of para-hydroxylation sites is 1. The number of amides is 1. The van der Waals surface area contributed by atoms with E-state index in [0.29, 0.717) is 35.3 Å². The highest BCUT2D eigenvalue weighted by Gasteiger charge is 2.29. The maximum absolute atomic E-state index is 14.7. The number of hydrogen-bond donors (Lipinski definition) is 1. The van der Waals surface area contributed by atoms with Gasteiger partial charge in [0.25, 0.3) is 15.9 Å². The predicted molar refractivity (Wildman–Crippen MR) is 161 cm³/mol. The van der Waals surface area contributed by atoms with Crippen molar-refractivity contribution in [1.29, 1.82) is 0 Å². The number of hydrogen-bond acceptors (Lipinski definition) is 6. The van der Waals surface area contributed by atoms with E-state index in [1.165, 1.54) is 36.5 Å². The predicted octanol–water partition coefficient (Wildman–Crippen LogP) is 6.11. The zero-order valence-corrected chi connectivity index (χ0v) is 24.5. The second-order valence-corrected chi connectivity index (χ2v) is 11.4. The van der Waals surface area contributed by atoms with Crippen molar-refractivity contribution in [1.82, 2.24) is 5.43 Å². The molecule has 0 unspecified atom stereocenters. The lowest BCUT2D eigenvalue weighted by Gasteiger charge is -2.24. The third-order valence-electron chi connectivity index (χ3n) is 6.00. The molecule has 0 spiro atoms. The largest absolute Gasteiger partial charge is 0.490 e. The Balaban J connectivity index is 1.47. The monoisotopic (exact) mass is 609 g/mol. The van der Waals surface area contributed by atoms with Crippen LogP contribution in [0.5, 0.6) is 11.5 Å². The van der Waals surface area contributed by atoms with E-state index in [9.17, 15) is 17.6 Å². The van der Waals surface area contributed by atoms with E-state index in [1.54, 1.807) is 42.5 Å². The van der Waals surface area contributed by atoms with Crippen molar-refractivity contribution in [3.8, 4) is 11.5 Å². The van der Waals surface area contributed by atoms with Crippen LogP contribution in [-0.2, 0) is 21.4 Å². The number of aryl methyl sites for hydroxylation is 1. The molecule has 0 bridgehead atoms. The number of hydrazone groups is 1. The second kappa shape index (κ2) is 14.0. The highest BCUT2D eigenvalue weighted by Crippen LogP contribution is 2.29. The molecular weight excluding hydrogens is 581 g/mol. The van der Waals surface area contributed by atoms with Crippen molar-refractivity contribution in [2.24, 2.45) is 5.10 Å². The molecule has 0 aliphatic heterocycles. The lowest BCUT2D eigenvalue weighted by Crippen LogP contribution is -2.40. The molecular formula is C31H29ClFN3O5S. The molecule has 0 atom stereocenters. The number of carbonyl (C=O) groups is 1. The molecule has 4 rings (SSSR count). The number of nitrogens with one attached hydrogen (secondary N) is 1. The van der Waals surface area contributed by atoms with Crippen LogP contribution in [-0.4, -0.2) is 33.7 Å². The van der Waals surface area contributed by atoms with E-state index in [-0.39, 0.29) is 10.6 Å². The number of benzene rings is 4. The average molecular weight is 610 g/mol. The third-order valence-corrected chi connectivity index (χ3v) is 8.02. The minimum absolute atomic E-state index is 0.0746. The van der Waals surface area contributed by atoms with Gasteiger partial charge in [0.1, 0.15) is 19.0 Å². The summed E-state index contributed by atoms with van der Waals surface area (Å²) in [6.45, 7) is 3.67. The molecule has 0 aliphatic carbocycles. The second-order valence-electron chi connectivity index (χ2n) is 9.12. The van der Waals surface area contributed by atoms with Crippen molar-refractivity contribution in [2.75, 3.05) is 17.5 Å². The van der Waals surface area contributed by atoms with E-state index < -0.39 is 28.3 Å². The fourth-order valence-corrected chi connectivity index (χ4v) is 5.42. The molecule has 4 aromatic carbocycles. The fraction of sp³-hybridized carbons (Fsp3) is 0.161. The number of rotatable bonds is 12. The van der Waals surface area contributed by atoms with E-state index in [2.05, 4.69) is 10.5 Å². The Morgan fingerprint density at radius 3 is 2.38 bits per heavy atom. The SMILES string of the molecule is CCOc1cc(/C=N\NC(=O)CN(c2ccccc2F)S(=O)(=O)c2ccc(C)cc2)ccc1OCc1ccc(Cl)cc1. The molecule has 0 heterocycles. The summed E-state index contributed by atoms with van der Waals surface area (Å²) in [6.07, 6.45) is 1.38. The average Bonchev–Trinajstić information content (AvgIpc) is 2.97. The summed E-state index contributed by atoms with van der Waals surface area (Å²) in [6, 6.07) is 23.9. The van der Waals surface area contributed by atoms with Crippen molar-refractivity contribution in [2.45, 2.75) is 25.3 Å². The first-order chi connectivity index (χ1) is 20.2. The Morgan fingerprint density at radius 1 is 0.976 bits per heavy atom. The molecule has 1 N–H and O–H groups in total. The molecule has 0 aliphatic rings. The van der Waals surface area contributed by atoms with Gasteiger partial charge in [0.05, 0.1) is 23.4 Å². The van der Waals surface area contributed by atoms with Crippen molar-refractivity contribution in [3.63, 3.8) is 0 Å². The fourth-order valence-electron chi connectivity index (χ4n) is 3.87. The van der Waals surface area contributed by atoms with Gasteiger partial charge in [-0.25, -0.2) is 18.2 Å². The first-order valence-corrected chi connectivity index (χ1v) is 14.8. The molecule has 0 radical (unpaired) electrons. The highest BCUT2D eigenvalue weighted by atomic mass is 35.5. The van der Waals surface area contributed by atoms with Crippen LogP contribution in [0.15, 0.2) is 101 Å². The normalized spacial score (nSPS) is 11.3. The number of ether oxygens (including phenoxy) is 2. The standard InChI is InChI=1S/C31H29ClFN3O5S/c1-3-40-30-18-24(12-17-29(30)41-21-23-10-13-25(32)14-11-23)19-34-35-31(37)20-36(28-7-5-4-6-27(28)33)42(38,39)26-15-8-22(2)9-16-26/h4-19H,3,20-21H2,1-2H3,(H,35,37)/b34-19-. The molecule has 8 nitrogen and oxygen atoms in total. The number of carbonyl (C=O) groups excluding carboxylic acids is 1. The van der Waals surface area contributed by atoms with Crippen LogP contribution in [0.2, 0.25) is 5.02 Å². The van der Waals surface area contributed by atoms with Crippen LogP contribution in [0.25, 0.3) is 0 Å². The van der Waals surface area contributed by atoms with E-state index in [0.717, 1.165) is 21.5 Å². The molecule has 218 valence electrons. The van der Waals surface area contributed by atoms with Crippen LogP contribution >= 0.6 is 11.6 Å². The summed E-state index contributed by atoms with van der Waals surface area (Å²) in [5.74, 6) is -0.545. The Hall–Kier alpha value is -4.41. The first kappa shape index (κ1) is 30.5. The van der Waals surface area contributed by atoms with Crippen molar-refractivity contribution < 1.29 is 27.1 Å². The zero-order valence-electron chi connectivity index (χ0n) is 23.0. The maximum atomic E-state index is 14.7. The Morgan fingerprint density at radius 2 is 1.69 bits per heavy atom. The van der Waals surface area contributed by atoms with E-state index in [1.807, 2.05) is 26.0 Å². The summed E-state index contributed by atoms with van der Waals surface area (Å²) < 4.78 is 53.9. The van der Waals surface area contributed by atoms with Crippen LogP contribution in [0, 0.1) is 12.7 Å². The Bertz CT molecular complexity index is 1660. The summed E-state index contributed by atoms with van der Waals surface area (Å²) in [5, 5.41) is 4.60.